The van der Waals surface area contributed by atoms with Crippen LogP contribution in [0, 0.1) is 0 Å². The van der Waals surface area contributed by atoms with Crippen LogP contribution in [0.15, 0.2) is 42.5 Å². The average Bonchev–Trinajstić information content (AvgIpc) is 2.47. The van der Waals surface area contributed by atoms with Crippen LogP contribution in [0.4, 0.5) is 10.5 Å². The van der Waals surface area contributed by atoms with E-state index in [0.717, 1.165) is 10.8 Å². The van der Waals surface area contributed by atoms with Crippen molar-refractivity contribution in [1.29, 1.82) is 0 Å². The van der Waals surface area contributed by atoms with Crippen molar-refractivity contribution in [1.82, 2.24) is 4.90 Å². The molecule has 0 heterocycles. The standard InChI is InChI=1S/C16H18N2O3/c1-2-10-18(11-15(19)20)16(21)17-14-9-5-7-12-6-3-4-8-13(12)14/h3-9H,2,10-11H2,1H3,(H,17,21)(H,19,20). The zero-order valence-electron chi connectivity index (χ0n) is 11.9. The van der Waals surface area contributed by atoms with Gasteiger partial charge in [0.05, 0.1) is 5.69 Å². The molecule has 0 atom stereocenters. The minimum absolute atomic E-state index is 0.301. The number of carbonyl (C=O) groups excluding carboxylic acids is 1. The lowest BCUT2D eigenvalue weighted by Gasteiger charge is -2.21. The maximum Gasteiger partial charge on any atom is 0.323 e. The number of anilines is 1. The molecule has 0 saturated carbocycles. The molecule has 0 spiro atoms. The summed E-state index contributed by atoms with van der Waals surface area (Å²) in [6.07, 6.45) is 0.705. The monoisotopic (exact) mass is 286 g/mol. The predicted octanol–water partition coefficient (Wildman–Crippen LogP) is 3.17. The summed E-state index contributed by atoms with van der Waals surface area (Å²) in [7, 11) is 0. The summed E-state index contributed by atoms with van der Waals surface area (Å²) in [5, 5.41) is 13.6. The molecule has 0 aliphatic carbocycles. The minimum atomic E-state index is -1.02. The van der Waals surface area contributed by atoms with Gasteiger partial charge in [0, 0.05) is 11.9 Å². The van der Waals surface area contributed by atoms with Gasteiger partial charge in [0.15, 0.2) is 0 Å². The molecule has 110 valence electrons. The molecule has 0 fully saturated rings. The molecule has 2 aromatic rings. The highest BCUT2D eigenvalue weighted by atomic mass is 16.4. The van der Waals surface area contributed by atoms with E-state index in [2.05, 4.69) is 5.32 Å². The second kappa shape index (κ2) is 6.74. The van der Waals surface area contributed by atoms with Crippen LogP contribution in [-0.4, -0.2) is 35.1 Å². The van der Waals surface area contributed by atoms with Gasteiger partial charge < -0.3 is 15.3 Å². The molecule has 21 heavy (non-hydrogen) atoms. The van der Waals surface area contributed by atoms with Crippen molar-refractivity contribution < 1.29 is 14.7 Å². The van der Waals surface area contributed by atoms with Gasteiger partial charge in [0.25, 0.3) is 0 Å². The molecule has 0 radical (unpaired) electrons. The highest BCUT2D eigenvalue weighted by molar-refractivity contribution is 6.02. The largest absolute Gasteiger partial charge is 0.480 e. The fraction of sp³-hybridized carbons (Fsp3) is 0.250. The predicted molar refractivity (Wildman–Crippen MR) is 82.5 cm³/mol. The highest BCUT2D eigenvalue weighted by Gasteiger charge is 2.16. The number of hydrogen-bond donors (Lipinski definition) is 2. The lowest BCUT2D eigenvalue weighted by molar-refractivity contribution is -0.137. The number of carboxylic acid groups (broad SMARTS) is 1. The van der Waals surface area contributed by atoms with Crippen molar-refractivity contribution in [2.45, 2.75) is 13.3 Å². The number of amides is 2. The van der Waals surface area contributed by atoms with Crippen molar-refractivity contribution >= 4 is 28.5 Å². The number of urea groups is 1. The molecule has 0 aromatic heterocycles. The number of hydrogen-bond acceptors (Lipinski definition) is 2. The average molecular weight is 286 g/mol. The summed E-state index contributed by atoms with van der Waals surface area (Å²) in [6.45, 7) is 2.01. The lowest BCUT2D eigenvalue weighted by atomic mass is 10.1. The Morgan fingerprint density at radius 2 is 1.86 bits per heavy atom. The van der Waals surface area contributed by atoms with Crippen molar-refractivity contribution in [3.8, 4) is 0 Å². The maximum absolute atomic E-state index is 12.2. The van der Waals surface area contributed by atoms with Crippen LogP contribution < -0.4 is 5.32 Å². The number of carboxylic acids is 1. The van der Waals surface area contributed by atoms with E-state index in [1.54, 1.807) is 0 Å². The summed E-state index contributed by atoms with van der Waals surface area (Å²) in [4.78, 5) is 24.4. The summed E-state index contributed by atoms with van der Waals surface area (Å²) in [6, 6.07) is 13.0. The zero-order valence-corrected chi connectivity index (χ0v) is 11.9. The quantitative estimate of drug-likeness (QED) is 0.887. The zero-order chi connectivity index (χ0) is 15.2. The maximum atomic E-state index is 12.2. The Morgan fingerprint density at radius 1 is 1.14 bits per heavy atom. The fourth-order valence-corrected chi connectivity index (χ4v) is 2.21. The van der Waals surface area contributed by atoms with Gasteiger partial charge in [-0.2, -0.15) is 0 Å². The van der Waals surface area contributed by atoms with Gasteiger partial charge in [0.1, 0.15) is 6.54 Å². The summed E-state index contributed by atoms with van der Waals surface area (Å²) >= 11 is 0. The van der Waals surface area contributed by atoms with E-state index in [1.807, 2.05) is 49.4 Å². The number of fused-ring (bicyclic) bond motifs is 1. The van der Waals surface area contributed by atoms with E-state index in [-0.39, 0.29) is 6.54 Å². The molecule has 5 nitrogen and oxygen atoms in total. The Balaban J connectivity index is 2.21. The Hall–Kier alpha value is -2.56. The van der Waals surface area contributed by atoms with Crippen LogP contribution in [0.3, 0.4) is 0 Å². The molecule has 0 unspecified atom stereocenters. The van der Waals surface area contributed by atoms with E-state index < -0.39 is 12.0 Å². The first-order valence-corrected chi connectivity index (χ1v) is 6.87. The molecule has 0 saturated heterocycles. The number of nitrogens with zero attached hydrogens (tertiary/aromatic N) is 1. The van der Waals surface area contributed by atoms with Crippen LogP contribution in [0.25, 0.3) is 10.8 Å². The molecular weight excluding hydrogens is 268 g/mol. The highest BCUT2D eigenvalue weighted by Crippen LogP contribution is 2.23. The van der Waals surface area contributed by atoms with Crippen molar-refractivity contribution in [3.63, 3.8) is 0 Å². The van der Waals surface area contributed by atoms with Gasteiger partial charge in [-0.05, 0) is 17.9 Å². The Morgan fingerprint density at radius 3 is 2.57 bits per heavy atom. The number of carbonyl (C=O) groups is 2. The van der Waals surface area contributed by atoms with E-state index in [1.165, 1.54) is 4.90 Å². The van der Waals surface area contributed by atoms with E-state index in [9.17, 15) is 9.59 Å². The first-order valence-electron chi connectivity index (χ1n) is 6.87. The van der Waals surface area contributed by atoms with Crippen molar-refractivity contribution in [2.75, 3.05) is 18.4 Å². The van der Waals surface area contributed by atoms with Gasteiger partial charge in [-0.25, -0.2) is 4.79 Å². The molecule has 2 aromatic carbocycles. The Bertz CT molecular complexity index is 650. The van der Waals surface area contributed by atoms with Crippen LogP contribution >= 0.6 is 0 Å². The van der Waals surface area contributed by atoms with Crippen molar-refractivity contribution in [3.05, 3.63) is 42.5 Å². The van der Waals surface area contributed by atoms with Gasteiger partial charge in [-0.15, -0.1) is 0 Å². The third-order valence-electron chi connectivity index (χ3n) is 3.14. The molecule has 2 rings (SSSR count). The van der Waals surface area contributed by atoms with Crippen molar-refractivity contribution in [2.24, 2.45) is 0 Å². The summed E-state index contributed by atoms with van der Waals surface area (Å²) in [5.41, 5.74) is 0.685. The van der Waals surface area contributed by atoms with E-state index in [0.29, 0.717) is 18.7 Å². The van der Waals surface area contributed by atoms with Gasteiger partial charge >= 0.3 is 12.0 Å². The number of nitrogens with one attached hydrogen (secondary N) is 1. The van der Waals surface area contributed by atoms with Crippen LogP contribution in [0.1, 0.15) is 13.3 Å². The molecule has 2 amide bonds. The second-order valence-corrected chi connectivity index (χ2v) is 4.77. The van der Waals surface area contributed by atoms with Crippen LogP contribution in [0.2, 0.25) is 0 Å². The minimum Gasteiger partial charge on any atom is -0.480 e. The third-order valence-corrected chi connectivity index (χ3v) is 3.14. The summed E-state index contributed by atoms with van der Waals surface area (Å²) in [5.74, 6) is -1.02. The second-order valence-electron chi connectivity index (χ2n) is 4.77. The molecule has 0 bridgehead atoms. The Labute approximate surface area is 123 Å². The van der Waals surface area contributed by atoms with Gasteiger partial charge in [-0.1, -0.05) is 43.3 Å². The summed E-state index contributed by atoms with van der Waals surface area (Å²) < 4.78 is 0. The Kier molecular flexibility index (Phi) is 4.77. The van der Waals surface area contributed by atoms with Crippen LogP contribution in [-0.2, 0) is 4.79 Å². The van der Waals surface area contributed by atoms with E-state index >= 15 is 0 Å². The molecular formula is C16H18N2O3. The number of aliphatic carboxylic acids is 1. The van der Waals surface area contributed by atoms with Crippen LogP contribution in [0.5, 0.6) is 0 Å². The lowest BCUT2D eigenvalue weighted by Crippen LogP contribution is -2.39. The molecule has 5 heteroatoms. The third kappa shape index (κ3) is 3.72. The SMILES string of the molecule is CCCN(CC(=O)O)C(=O)Nc1cccc2ccccc12. The van der Waals surface area contributed by atoms with Gasteiger partial charge in [-0.3, -0.25) is 4.79 Å². The van der Waals surface area contributed by atoms with Gasteiger partial charge in [0.2, 0.25) is 0 Å². The number of benzene rings is 2. The molecule has 0 aliphatic rings. The first kappa shape index (κ1) is 14.8. The first-order chi connectivity index (χ1) is 10.1. The number of rotatable bonds is 5. The smallest absolute Gasteiger partial charge is 0.323 e. The topological polar surface area (TPSA) is 69.6 Å². The fourth-order valence-electron chi connectivity index (χ4n) is 2.21. The molecule has 2 N–H and O–H groups in total. The van der Waals surface area contributed by atoms with E-state index in [4.69, 9.17) is 5.11 Å². The molecule has 0 aliphatic heterocycles. The normalized spacial score (nSPS) is 10.3.